The monoisotopic (exact) mass is 360 g/mol. The van der Waals surface area contributed by atoms with E-state index >= 15 is 0 Å². The Morgan fingerprint density at radius 1 is 0.962 bits per heavy atom. The zero-order valence-electron chi connectivity index (χ0n) is 16.6. The highest BCUT2D eigenvalue weighted by atomic mass is 16.6. The van der Waals surface area contributed by atoms with E-state index < -0.39 is 0 Å². The number of allylic oxidation sites excluding steroid dienone is 6. The van der Waals surface area contributed by atoms with Gasteiger partial charge >= 0.3 is 11.9 Å². The second-order valence-corrected chi connectivity index (χ2v) is 7.09. The van der Waals surface area contributed by atoms with Crippen molar-refractivity contribution >= 4 is 11.9 Å². The number of ether oxygens (including phenoxy) is 1. The van der Waals surface area contributed by atoms with E-state index in [9.17, 15) is 9.59 Å². The molecule has 26 heavy (non-hydrogen) atoms. The molecule has 0 aromatic rings. The Balaban J connectivity index is 2.39. The second kappa shape index (κ2) is 14.5. The number of rotatable bonds is 14. The van der Waals surface area contributed by atoms with Gasteiger partial charge in [-0.2, -0.15) is 0 Å². The lowest BCUT2D eigenvalue weighted by Gasteiger charge is -2.16. The molecule has 1 saturated heterocycles. The summed E-state index contributed by atoms with van der Waals surface area (Å²) in [5, 5.41) is 0. The first-order valence-electron chi connectivity index (χ1n) is 10.4. The van der Waals surface area contributed by atoms with Gasteiger partial charge in [0.15, 0.2) is 0 Å². The molecule has 0 aliphatic carbocycles. The Morgan fingerprint density at radius 2 is 1.73 bits per heavy atom. The van der Waals surface area contributed by atoms with E-state index in [0.717, 1.165) is 32.1 Å². The molecule has 0 aromatic heterocycles. The number of unbranched alkanes of at least 4 members (excludes halogenated alkanes) is 6. The molecule has 1 aliphatic rings. The minimum Gasteiger partial charge on any atom is -0.393 e. The molecule has 146 valence electrons. The third-order valence-corrected chi connectivity index (χ3v) is 4.81. The fourth-order valence-corrected chi connectivity index (χ4v) is 3.25. The Hall–Kier alpha value is -1.64. The molecule has 0 spiro atoms. The van der Waals surface area contributed by atoms with Crippen molar-refractivity contribution in [3.63, 3.8) is 0 Å². The average molecular weight is 361 g/mol. The summed E-state index contributed by atoms with van der Waals surface area (Å²) in [6.45, 7) is 4.35. The molecule has 0 saturated carbocycles. The van der Waals surface area contributed by atoms with Crippen LogP contribution in [-0.4, -0.2) is 11.9 Å². The molecule has 0 bridgehead atoms. The molecule has 0 amide bonds. The predicted molar refractivity (Wildman–Crippen MR) is 108 cm³/mol. The van der Waals surface area contributed by atoms with Crippen molar-refractivity contribution in [1.82, 2.24) is 0 Å². The molecule has 3 nitrogen and oxygen atoms in total. The van der Waals surface area contributed by atoms with Crippen molar-refractivity contribution in [3.05, 3.63) is 36.5 Å². The minimum atomic E-state index is -0.375. The largest absolute Gasteiger partial charge is 0.393 e. The number of hydrogen-bond acceptors (Lipinski definition) is 3. The van der Waals surface area contributed by atoms with Gasteiger partial charge in [-0.05, 0) is 44.4 Å². The Kier molecular flexibility index (Phi) is 12.5. The van der Waals surface area contributed by atoms with Crippen LogP contribution < -0.4 is 0 Å². The summed E-state index contributed by atoms with van der Waals surface area (Å²) in [5.74, 6) is -0.905. The van der Waals surface area contributed by atoms with Crippen LogP contribution in [0.3, 0.4) is 0 Å². The first-order chi connectivity index (χ1) is 12.7. The summed E-state index contributed by atoms with van der Waals surface area (Å²) in [6, 6.07) is 0. The Bertz CT molecular complexity index is 488. The van der Waals surface area contributed by atoms with Gasteiger partial charge in [0, 0.05) is 0 Å². The summed E-state index contributed by atoms with van der Waals surface area (Å²) in [5.41, 5.74) is 0. The lowest BCUT2D eigenvalue weighted by Crippen LogP contribution is -2.17. The third kappa shape index (κ3) is 9.74. The average Bonchev–Trinajstić information content (AvgIpc) is 2.96. The summed E-state index contributed by atoms with van der Waals surface area (Å²) in [4.78, 5) is 23.3. The molecule has 2 atom stereocenters. The van der Waals surface area contributed by atoms with Crippen LogP contribution in [0.15, 0.2) is 36.5 Å². The molecule has 0 aromatic carbocycles. The van der Waals surface area contributed by atoms with Gasteiger partial charge in [0.1, 0.15) is 0 Å². The fraction of sp³-hybridized carbons (Fsp3) is 0.652. The van der Waals surface area contributed by atoms with Gasteiger partial charge in [-0.3, -0.25) is 9.59 Å². The van der Waals surface area contributed by atoms with Gasteiger partial charge in [0.05, 0.1) is 12.3 Å². The summed E-state index contributed by atoms with van der Waals surface area (Å²) >= 11 is 0. The van der Waals surface area contributed by atoms with Crippen LogP contribution in [0.4, 0.5) is 0 Å². The molecule has 1 rings (SSSR count). The van der Waals surface area contributed by atoms with Crippen LogP contribution in [0.25, 0.3) is 0 Å². The highest BCUT2D eigenvalue weighted by Crippen LogP contribution is 2.29. The predicted octanol–water partition coefficient (Wildman–Crippen LogP) is 6.30. The van der Waals surface area contributed by atoms with Crippen LogP contribution in [-0.2, 0) is 14.3 Å². The van der Waals surface area contributed by atoms with E-state index in [1.54, 1.807) is 0 Å². The molecule has 0 radical (unpaired) electrons. The Morgan fingerprint density at radius 3 is 2.38 bits per heavy atom. The molecular weight excluding hydrogens is 324 g/mol. The molecule has 3 heteroatoms. The van der Waals surface area contributed by atoms with Gasteiger partial charge in [-0.15, -0.1) is 0 Å². The fourth-order valence-electron chi connectivity index (χ4n) is 3.25. The third-order valence-electron chi connectivity index (χ3n) is 4.81. The number of esters is 2. The van der Waals surface area contributed by atoms with Gasteiger partial charge in [-0.25, -0.2) is 0 Å². The maximum absolute atomic E-state index is 11.9. The van der Waals surface area contributed by atoms with Crippen LogP contribution in [0.2, 0.25) is 0 Å². The lowest BCUT2D eigenvalue weighted by atomic mass is 9.86. The van der Waals surface area contributed by atoms with Crippen molar-refractivity contribution in [2.45, 2.75) is 84.5 Å². The van der Waals surface area contributed by atoms with E-state index in [4.69, 9.17) is 4.74 Å². The molecule has 2 unspecified atom stereocenters. The van der Waals surface area contributed by atoms with Gasteiger partial charge < -0.3 is 4.74 Å². The quantitative estimate of drug-likeness (QED) is 0.120. The first kappa shape index (κ1) is 22.4. The molecule has 1 heterocycles. The molecule has 1 fully saturated rings. The van der Waals surface area contributed by atoms with Crippen molar-refractivity contribution in [3.8, 4) is 0 Å². The highest BCUT2D eigenvalue weighted by Gasteiger charge is 2.37. The normalized spacial score (nSPS) is 19.2. The van der Waals surface area contributed by atoms with Crippen molar-refractivity contribution < 1.29 is 14.3 Å². The zero-order chi connectivity index (χ0) is 19.0. The topological polar surface area (TPSA) is 43.4 Å². The first-order valence-corrected chi connectivity index (χ1v) is 10.4. The molecule has 0 N–H and O–H groups in total. The number of hydrogen-bond donors (Lipinski definition) is 0. The van der Waals surface area contributed by atoms with Crippen LogP contribution in [0, 0.1) is 11.8 Å². The summed E-state index contributed by atoms with van der Waals surface area (Å²) in [6.07, 6.45) is 24.5. The number of carbonyl (C=O) groups excluding carboxylic acids is 2. The smallest absolute Gasteiger partial charge is 0.317 e. The molecular formula is C23H36O3. The van der Waals surface area contributed by atoms with E-state index in [-0.39, 0.29) is 30.2 Å². The maximum Gasteiger partial charge on any atom is 0.317 e. The van der Waals surface area contributed by atoms with Gasteiger partial charge in [-0.1, -0.05) is 76.0 Å². The van der Waals surface area contributed by atoms with Crippen molar-refractivity contribution in [1.29, 1.82) is 0 Å². The standard InChI is InChI=1S/C23H36O3/c1-3-5-7-9-10-11-12-13-14-16-18-20(17-15-8-6-4-2)21-19-22(24)26-23(21)25/h5,7,13-14,16,18,20-21H,3-4,6,8-12,15,17,19H2,1-2H3. The SMILES string of the molecule is CCC=CCCCCC=CC=CC(CCCCCC)C1CC(=O)OC1=O. The Labute approximate surface area is 159 Å². The van der Waals surface area contributed by atoms with Crippen LogP contribution >= 0.6 is 0 Å². The maximum atomic E-state index is 11.9. The van der Waals surface area contributed by atoms with E-state index in [1.165, 1.54) is 32.1 Å². The van der Waals surface area contributed by atoms with Crippen LogP contribution in [0.1, 0.15) is 84.5 Å². The number of cyclic esters (lactones) is 2. The zero-order valence-corrected chi connectivity index (χ0v) is 16.6. The van der Waals surface area contributed by atoms with Gasteiger partial charge in [0.2, 0.25) is 0 Å². The molecule has 1 aliphatic heterocycles. The summed E-state index contributed by atoms with van der Waals surface area (Å²) < 4.78 is 4.75. The van der Waals surface area contributed by atoms with Crippen molar-refractivity contribution in [2.24, 2.45) is 11.8 Å². The second-order valence-electron chi connectivity index (χ2n) is 7.09. The summed E-state index contributed by atoms with van der Waals surface area (Å²) in [7, 11) is 0. The minimum absolute atomic E-state index is 0.106. The van der Waals surface area contributed by atoms with Crippen molar-refractivity contribution in [2.75, 3.05) is 0 Å². The lowest BCUT2D eigenvalue weighted by molar-refractivity contribution is -0.153. The van der Waals surface area contributed by atoms with Gasteiger partial charge in [0.25, 0.3) is 0 Å². The highest BCUT2D eigenvalue weighted by molar-refractivity contribution is 5.94. The van der Waals surface area contributed by atoms with E-state index in [2.05, 4.69) is 44.2 Å². The van der Waals surface area contributed by atoms with E-state index in [1.807, 2.05) is 6.08 Å². The van der Waals surface area contributed by atoms with Crippen LogP contribution in [0.5, 0.6) is 0 Å². The number of carbonyl (C=O) groups is 2. The van der Waals surface area contributed by atoms with E-state index in [0.29, 0.717) is 0 Å².